The zero-order valence-corrected chi connectivity index (χ0v) is 11.6. The van der Waals surface area contributed by atoms with Crippen molar-refractivity contribution in [2.45, 2.75) is 12.8 Å². The Kier molecular flexibility index (Phi) is 4.60. The Morgan fingerprint density at radius 2 is 2.17 bits per heavy atom. The second kappa shape index (κ2) is 6.20. The second-order valence-corrected chi connectivity index (χ2v) is 5.34. The number of ether oxygens (including phenoxy) is 1. The minimum absolute atomic E-state index is 0.00569. The van der Waals surface area contributed by atoms with E-state index in [9.17, 15) is 9.90 Å². The Morgan fingerprint density at radius 3 is 2.83 bits per heavy atom. The maximum atomic E-state index is 11.9. The molecule has 18 heavy (non-hydrogen) atoms. The first-order valence-electron chi connectivity index (χ1n) is 6.01. The number of phenolic OH excluding ortho intramolecular Hbond substituents is 1. The van der Waals surface area contributed by atoms with E-state index in [1.165, 1.54) is 6.07 Å². The fourth-order valence-electron chi connectivity index (χ4n) is 1.98. The molecule has 0 bridgehead atoms. The summed E-state index contributed by atoms with van der Waals surface area (Å²) in [5, 5.41) is 12.5. The summed E-state index contributed by atoms with van der Waals surface area (Å²) in [7, 11) is 0. The predicted molar refractivity (Wildman–Crippen MR) is 71.7 cm³/mol. The van der Waals surface area contributed by atoms with Gasteiger partial charge in [0.25, 0.3) is 5.91 Å². The molecule has 0 aromatic heterocycles. The summed E-state index contributed by atoms with van der Waals surface area (Å²) in [6, 6.07) is 4.87. The molecule has 5 heteroatoms. The number of amides is 1. The van der Waals surface area contributed by atoms with Crippen molar-refractivity contribution in [2.24, 2.45) is 5.92 Å². The highest BCUT2D eigenvalue weighted by Gasteiger charge is 2.16. The highest BCUT2D eigenvalue weighted by molar-refractivity contribution is 9.10. The van der Waals surface area contributed by atoms with E-state index in [0.717, 1.165) is 30.5 Å². The third-order valence-corrected chi connectivity index (χ3v) is 3.59. The van der Waals surface area contributed by atoms with Crippen LogP contribution < -0.4 is 5.32 Å². The lowest BCUT2D eigenvalue weighted by molar-refractivity contribution is 0.0642. The Morgan fingerprint density at radius 1 is 1.44 bits per heavy atom. The Labute approximate surface area is 114 Å². The largest absolute Gasteiger partial charge is 0.507 e. The lowest BCUT2D eigenvalue weighted by Crippen LogP contribution is -2.32. The van der Waals surface area contributed by atoms with Gasteiger partial charge in [0.05, 0.1) is 5.56 Å². The number of rotatable bonds is 3. The number of benzene rings is 1. The summed E-state index contributed by atoms with van der Waals surface area (Å²) in [4.78, 5) is 11.9. The summed E-state index contributed by atoms with van der Waals surface area (Å²) >= 11 is 3.24. The van der Waals surface area contributed by atoms with Gasteiger partial charge >= 0.3 is 0 Å². The van der Waals surface area contributed by atoms with E-state index in [0.29, 0.717) is 18.0 Å². The van der Waals surface area contributed by atoms with Gasteiger partial charge in [-0.1, -0.05) is 15.9 Å². The quantitative estimate of drug-likeness (QED) is 0.900. The zero-order chi connectivity index (χ0) is 13.0. The van der Waals surface area contributed by atoms with Crippen LogP contribution in [0.5, 0.6) is 5.75 Å². The molecule has 1 saturated heterocycles. The second-order valence-electron chi connectivity index (χ2n) is 4.43. The lowest BCUT2D eigenvalue weighted by Gasteiger charge is -2.22. The van der Waals surface area contributed by atoms with Crippen LogP contribution in [0, 0.1) is 5.92 Å². The van der Waals surface area contributed by atoms with E-state index < -0.39 is 0 Å². The Hall–Kier alpha value is -1.07. The van der Waals surface area contributed by atoms with Gasteiger partial charge in [0.15, 0.2) is 0 Å². The van der Waals surface area contributed by atoms with Crippen LogP contribution in [-0.2, 0) is 4.74 Å². The lowest BCUT2D eigenvalue weighted by atomic mass is 10.0. The fourth-order valence-corrected chi connectivity index (χ4v) is 2.33. The summed E-state index contributed by atoms with van der Waals surface area (Å²) in [6.07, 6.45) is 1.96. The molecule has 98 valence electrons. The third-order valence-electron chi connectivity index (χ3n) is 3.10. The molecule has 1 amide bonds. The molecule has 2 rings (SSSR count). The molecule has 0 aliphatic carbocycles. The molecule has 0 saturated carbocycles. The number of nitrogens with one attached hydrogen (secondary N) is 1. The SMILES string of the molecule is O=C(NCC1CCOCC1)c1ccc(Br)cc1O. The van der Waals surface area contributed by atoms with Crippen LogP contribution in [0.1, 0.15) is 23.2 Å². The van der Waals surface area contributed by atoms with Gasteiger partial charge in [-0.05, 0) is 37.0 Å². The molecule has 2 N–H and O–H groups in total. The third kappa shape index (κ3) is 3.46. The standard InChI is InChI=1S/C13H16BrNO3/c14-10-1-2-11(12(16)7-10)13(17)15-8-9-3-5-18-6-4-9/h1-2,7,9,16H,3-6,8H2,(H,15,17). The van der Waals surface area contributed by atoms with Crippen LogP contribution in [0.3, 0.4) is 0 Å². The molecule has 0 radical (unpaired) electrons. The molecule has 1 heterocycles. The van der Waals surface area contributed by atoms with Crippen LogP contribution in [0.25, 0.3) is 0 Å². The van der Waals surface area contributed by atoms with Gasteiger partial charge in [0.1, 0.15) is 5.75 Å². The number of carbonyl (C=O) groups is 1. The van der Waals surface area contributed by atoms with E-state index in [-0.39, 0.29) is 11.7 Å². The van der Waals surface area contributed by atoms with Gasteiger partial charge in [0, 0.05) is 24.2 Å². The highest BCUT2D eigenvalue weighted by atomic mass is 79.9. The zero-order valence-electron chi connectivity index (χ0n) is 9.99. The van der Waals surface area contributed by atoms with E-state index in [2.05, 4.69) is 21.2 Å². The summed E-state index contributed by atoms with van der Waals surface area (Å²) in [6.45, 7) is 2.17. The minimum atomic E-state index is -0.230. The number of halogens is 1. The Balaban J connectivity index is 1.90. The van der Waals surface area contributed by atoms with E-state index in [1.807, 2.05) is 0 Å². The number of hydrogen-bond donors (Lipinski definition) is 2. The van der Waals surface area contributed by atoms with Gasteiger partial charge in [0.2, 0.25) is 0 Å². The van der Waals surface area contributed by atoms with E-state index in [1.54, 1.807) is 12.1 Å². The average molecular weight is 314 g/mol. The van der Waals surface area contributed by atoms with Crippen molar-refractivity contribution in [1.82, 2.24) is 5.32 Å². The smallest absolute Gasteiger partial charge is 0.255 e. The Bertz CT molecular complexity index is 430. The number of carbonyl (C=O) groups excluding carboxylic acids is 1. The molecule has 0 atom stereocenters. The first-order valence-corrected chi connectivity index (χ1v) is 6.80. The van der Waals surface area contributed by atoms with Gasteiger partial charge in [-0.3, -0.25) is 4.79 Å². The first-order chi connectivity index (χ1) is 8.66. The maximum absolute atomic E-state index is 11.9. The molecule has 1 aliphatic rings. The molecule has 4 nitrogen and oxygen atoms in total. The topological polar surface area (TPSA) is 58.6 Å². The van der Waals surface area contributed by atoms with Gasteiger partial charge in [-0.2, -0.15) is 0 Å². The maximum Gasteiger partial charge on any atom is 0.255 e. The molecule has 1 aromatic rings. The molecule has 1 aliphatic heterocycles. The summed E-state index contributed by atoms with van der Waals surface area (Å²) in [5.41, 5.74) is 0.310. The van der Waals surface area contributed by atoms with Gasteiger partial charge in [-0.25, -0.2) is 0 Å². The summed E-state index contributed by atoms with van der Waals surface area (Å²) in [5.74, 6) is 0.237. The monoisotopic (exact) mass is 313 g/mol. The molecule has 1 fully saturated rings. The average Bonchev–Trinajstić information content (AvgIpc) is 2.37. The molecular weight excluding hydrogens is 298 g/mol. The first kappa shape index (κ1) is 13.4. The number of aromatic hydroxyl groups is 1. The summed E-state index contributed by atoms with van der Waals surface area (Å²) < 4.78 is 6.02. The molecule has 0 unspecified atom stereocenters. The minimum Gasteiger partial charge on any atom is -0.507 e. The van der Waals surface area contributed by atoms with E-state index in [4.69, 9.17) is 4.74 Å². The van der Waals surface area contributed by atoms with Crippen molar-refractivity contribution >= 4 is 21.8 Å². The number of hydrogen-bond acceptors (Lipinski definition) is 3. The van der Waals surface area contributed by atoms with Gasteiger partial charge < -0.3 is 15.2 Å². The van der Waals surface area contributed by atoms with Crippen LogP contribution >= 0.6 is 15.9 Å². The van der Waals surface area contributed by atoms with Crippen LogP contribution in [-0.4, -0.2) is 30.8 Å². The predicted octanol–water partition coefficient (Wildman–Crippen LogP) is 2.31. The number of phenols is 1. The van der Waals surface area contributed by atoms with Crippen molar-refractivity contribution in [2.75, 3.05) is 19.8 Å². The van der Waals surface area contributed by atoms with Crippen molar-refractivity contribution in [3.05, 3.63) is 28.2 Å². The highest BCUT2D eigenvalue weighted by Crippen LogP contribution is 2.22. The van der Waals surface area contributed by atoms with Crippen LogP contribution in [0.2, 0.25) is 0 Å². The van der Waals surface area contributed by atoms with Crippen molar-refractivity contribution in [1.29, 1.82) is 0 Å². The normalized spacial score (nSPS) is 16.5. The molecule has 0 spiro atoms. The molecule has 1 aromatic carbocycles. The van der Waals surface area contributed by atoms with Crippen molar-refractivity contribution < 1.29 is 14.6 Å². The fraction of sp³-hybridized carbons (Fsp3) is 0.462. The van der Waals surface area contributed by atoms with Crippen molar-refractivity contribution in [3.8, 4) is 5.75 Å². The van der Waals surface area contributed by atoms with Crippen molar-refractivity contribution in [3.63, 3.8) is 0 Å². The van der Waals surface area contributed by atoms with Gasteiger partial charge in [-0.15, -0.1) is 0 Å². The van der Waals surface area contributed by atoms with Crippen LogP contribution in [0.15, 0.2) is 22.7 Å². The molecular formula is C13H16BrNO3. The van der Waals surface area contributed by atoms with Crippen LogP contribution in [0.4, 0.5) is 0 Å². The van der Waals surface area contributed by atoms with E-state index >= 15 is 0 Å².